The average molecular weight is 281 g/mol. The molecule has 2 heteroatoms. The van der Waals surface area contributed by atoms with Gasteiger partial charge in [0.2, 0.25) is 0 Å². The predicted octanol–water partition coefficient (Wildman–Crippen LogP) is 4.71. The van der Waals surface area contributed by atoms with Crippen molar-refractivity contribution in [3.63, 3.8) is 0 Å². The van der Waals surface area contributed by atoms with Gasteiger partial charge in [-0.3, -0.25) is 4.79 Å². The van der Waals surface area contributed by atoms with Gasteiger partial charge in [-0.1, -0.05) is 49.6 Å². The minimum atomic E-state index is 0.0695. The highest BCUT2D eigenvalue weighted by Crippen LogP contribution is 2.36. The van der Waals surface area contributed by atoms with Gasteiger partial charge in [0.25, 0.3) is 5.56 Å². The third-order valence-corrected chi connectivity index (χ3v) is 4.82. The van der Waals surface area contributed by atoms with Crippen LogP contribution in [0.25, 0.3) is 11.1 Å². The molecular formula is C19H23NO. The van der Waals surface area contributed by atoms with Gasteiger partial charge in [0.05, 0.1) is 0 Å². The van der Waals surface area contributed by atoms with E-state index in [9.17, 15) is 4.79 Å². The highest BCUT2D eigenvalue weighted by molar-refractivity contribution is 5.71. The fourth-order valence-corrected chi connectivity index (χ4v) is 3.68. The molecule has 0 atom stereocenters. The zero-order chi connectivity index (χ0) is 14.8. The lowest BCUT2D eigenvalue weighted by Crippen LogP contribution is -2.19. The van der Waals surface area contributed by atoms with Gasteiger partial charge >= 0.3 is 0 Å². The monoisotopic (exact) mass is 281 g/mol. The first-order chi connectivity index (χ1) is 10.2. The Kier molecular flexibility index (Phi) is 3.96. The number of aromatic amines is 1. The van der Waals surface area contributed by atoms with Crippen LogP contribution < -0.4 is 5.56 Å². The van der Waals surface area contributed by atoms with Gasteiger partial charge < -0.3 is 4.98 Å². The quantitative estimate of drug-likeness (QED) is 0.849. The summed E-state index contributed by atoms with van der Waals surface area (Å²) in [5, 5.41) is 0. The Hall–Kier alpha value is -1.83. The molecule has 1 N–H and O–H groups in total. The largest absolute Gasteiger partial charge is 0.325 e. The Balaban J connectivity index is 2.15. The van der Waals surface area contributed by atoms with Crippen LogP contribution in [0, 0.1) is 13.8 Å². The Morgan fingerprint density at radius 2 is 1.62 bits per heavy atom. The first-order valence-corrected chi connectivity index (χ1v) is 7.97. The zero-order valence-corrected chi connectivity index (χ0v) is 12.9. The summed E-state index contributed by atoms with van der Waals surface area (Å²) in [5.41, 5.74) is 5.60. The minimum Gasteiger partial charge on any atom is -0.325 e. The molecule has 21 heavy (non-hydrogen) atoms. The molecule has 0 bridgehead atoms. The second kappa shape index (κ2) is 5.88. The molecule has 0 saturated heterocycles. The number of aromatic nitrogens is 1. The van der Waals surface area contributed by atoms with Crippen molar-refractivity contribution in [1.29, 1.82) is 0 Å². The van der Waals surface area contributed by atoms with Gasteiger partial charge in [0.1, 0.15) is 0 Å². The maximum absolute atomic E-state index is 12.4. The molecule has 1 aliphatic carbocycles. The van der Waals surface area contributed by atoms with Crippen LogP contribution in [0.1, 0.15) is 54.8 Å². The van der Waals surface area contributed by atoms with Crippen molar-refractivity contribution in [3.8, 4) is 11.1 Å². The smallest absolute Gasteiger partial charge is 0.251 e. The number of hydrogen-bond donors (Lipinski definition) is 1. The van der Waals surface area contributed by atoms with E-state index in [1.807, 2.05) is 25.1 Å². The van der Waals surface area contributed by atoms with Gasteiger partial charge in [0, 0.05) is 11.3 Å². The Morgan fingerprint density at radius 1 is 0.952 bits per heavy atom. The van der Waals surface area contributed by atoms with Crippen molar-refractivity contribution in [2.24, 2.45) is 0 Å². The second-order valence-corrected chi connectivity index (χ2v) is 6.19. The first kappa shape index (κ1) is 14.1. The molecule has 0 aliphatic heterocycles. The van der Waals surface area contributed by atoms with Gasteiger partial charge in [-0.15, -0.1) is 0 Å². The van der Waals surface area contributed by atoms with E-state index in [1.54, 1.807) is 0 Å². The summed E-state index contributed by atoms with van der Waals surface area (Å²) >= 11 is 0. The molecule has 2 aromatic rings. The summed E-state index contributed by atoms with van der Waals surface area (Å²) in [6.45, 7) is 4.09. The van der Waals surface area contributed by atoms with Crippen molar-refractivity contribution in [3.05, 3.63) is 57.5 Å². The first-order valence-electron chi connectivity index (χ1n) is 7.97. The van der Waals surface area contributed by atoms with Gasteiger partial charge in [-0.2, -0.15) is 0 Å². The number of H-pyrrole nitrogens is 1. The van der Waals surface area contributed by atoms with E-state index in [2.05, 4.69) is 24.0 Å². The van der Waals surface area contributed by atoms with Crippen LogP contribution >= 0.6 is 0 Å². The number of benzene rings is 1. The molecule has 110 valence electrons. The van der Waals surface area contributed by atoms with Gasteiger partial charge in [-0.25, -0.2) is 0 Å². The lowest BCUT2D eigenvalue weighted by Gasteiger charge is -2.25. The molecule has 1 fully saturated rings. The van der Waals surface area contributed by atoms with Crippen molar-refractivity contribution in [2.75, 3.05) is 0 Å². The number of rotatable bonds is 2. The summed E-state index contributed by atoms with van der Waals surface area (Å²) in [7, 11) is 0. The van der Waals surface area contributed by atoms with E-state index in [1.165, 1.54) is 43.4 Å². The average Bonchev–Trinajstić information content (AvgIpc) is 2.53. The number of pyridine rings is 1. The maximum atomic E-state index is 12.4. The predicted molar refractivity (Wildman–Crippen MR) is 87.8 cm³/mol. The fraction of sp³-hybridized carbons (Fsp3) is 0.421. The highest BCUT2D eigenvalue weighted by Gasteiger charge is 2.21. The molecule has 1 heterocycles. The summed E-state index contributed by atoms with van der Waals surface area (Å²) < 4.78 is 0. The molecule has 1 aromatic heterocycles. The zero-order valence-electron chi connectivity index (χ0n) is 12.9. The van der Waals surface area contributed by atoms with Crippen LogP contribution in [0.2, 0.25) is 0 Å². The lowest BCUT2D eigenvalue weighted by atomic mass is 9.83. The van der Waals surface area contributed by atoms with Crippen LogP contribution in [0.5, 0.6) is 0 Å². The van der Waals surface area contributed by atoms with E-state index in [0.29, 0.717) is 5.92 Å². The fourth-order valence-electron chi connectivity index (χ4n) is 3.68. The second-order valence-electron chi connectivity index (χ2n) is 6.19. The Labute approximate surface area is 126 Å². The van der Waals surface area contributed by atoms with Crippen LogP contribution in [-0.2, 0) is 0 Å². The molecule has 1 aliphatic rings. The van der Waals surface area contributed by atoms with Crippen molar-refractivity contribution >= 4 is 0 Å². The SMILES string of the molecule is Cc1c(C2CCCCC2)[nH]c(=O)c(C)c1-c1ccccc1. The third kappa shape index (κ3) is 2.67. The van der Waals surface area contributed by atoms with E-state index < -0.39 is 0 Å². The van der Waals surface area contributed by atoms with Gasteiger partial charge in [0.15, 0.2) is 0 Å². The molecule has 0 radical (unpaired) electrons. The van der Waals surface area contributed by atoms with Crippen LogP contribution in [0.3, 0.4) is 0 Å². The topological polar surface area (TPSA) is 32.9 Å². The van der Waals surface area contributed by atoms with Crippen molar-refractivity contribution in [1.82, 2.24) is 4.98 Å². The lowest BCUT2D eigenvalue weighted by molar-refractivity contribution is 0.434. The molecule has 2 nitrogen and oxygen atoms in total. The third-order valence-electron chi connectivity index (χ3n) is 4.82. The molecule has 1 aromatic carbocycles. The molecule has 1 saturated carbocycles. The Bertz CT molecular complexity index is 679. The van der Waals surface area contributed by atoms with Gasteiger partial charge in [-0.05, 0) is 49.3 Å². The van der Waals surface area contributed by atoms with Crippen molar-refractivity contribution in [2.45, 2.75) is 51.9 Å². The molecular weight excluding hydrogens is 258 g/mol. The van der Waals surface area contributed by atoms with E-state index in [-0.39, 0.29) is 5.56 Å². The van der Waals surface area contributed by atoms with E-state index in [4.69, 9.17) is 0 Å². The Morgan fingerprint density at radius 3 is 2.29 bits per heavy atom. The van der Waals surface area contributed by atoms with E-state index in [0.717, 1.165) is 16.7 Å². The summed E-state index contributed by atoms with van der Waals surface area (Å²) in [5.74, 6) is 0.523. The maximum Gasteiger partial charge on any atom is 0.251 e. The van der Waals surface area contributed by atoms with Crippen LogP contribution in [-0.4, -0.2) is 4.98 Å². The summed E-state index contributed by atoms with van der Waals surface area (Å²) in [6.07, 6.45) is 6.29. The minimum absolute atomic E-state index is 0.0695. The van der Waals surface area contributed by atoms with Crippen LogP contribution in [0.4, 0.5) is 0 Å². The van der Waals surface area contributed by atoms with Crippen LogP contribution in [0.15, 0.2) is 35.1 Å². The summed E-state index contributed by atoms with van der Waals surface area (Å²) in [4.78, 5) is 15.5. The molecule has 0 amide bonds. The number of hydrogen-bond acceptors (Lipinski definition) is 1. The highest BCUT2D eigenvalue weighted by atomic mass is 16.1. The normalized spacial score (nSPS) is 16.1. The molecule has 0 unspecified atom stereocenters. The van der Waals surface area contributed by atoms with Crippen molar-refractivity contribution < 1.29 is 0 Å². The van der Waals surface area contributed by atoms with E-state index >= 15 is 0 Å². The standard InChI is InChI=1S/C19H23NO/c1-13-17(15-9-5-3-6-10-15)14(2)19(21)20-18(13)16-11-7-4-8-12-16/h3,5-6,9-10,16H,4,7-8,11-12H2,1-2H3,(H,20,21). The molecule has 3 rings (SSSR count). The molecule has 0 spiro atoms. The number of nitrogens with one attached hydrogen (secondary N) is 1. The summed E-state index contributed by atoms with van der Waals surface area (Å²) in [6, 6.07) is 10.3.